The van der Waals surface area contributed by atoms with Crippen molar-refractivity contribution in [3.8, 4) is 0 Å². The lowest BCUT2D eigenvalue weighted by Crippen LogP contribution is -2.07. The first-order valence-corrected chi connectivity index (χ1v) is 5.08. The van der Waals surface area contributed by atoms with Crippen LogP contribution < -0.4 is 0 Å². The summed E-state index contributed by atoms with van der Waals surface area (Å²) in [5.41, 5.74) is -0.365. The van der Waals surface area contributed by atoms with E-state index in [9.17, 15) is 19.7 Å². The molecule has 2 N–H and O–H groups in total. The van der Waals surface area contributed by atoms with E-state index < -0.39 is 35.4 Å². The molecule has 0 radical (unpaired) electrons. The lowest BCUT2D eigenvalue weighted by molar-refractivity contribution is -0.385. The molecular formula is C10H8ClNO6. The molecule has 7 nitrogen and oxygen atoms in total. The second-order valence-corrected chi connectivity index (χ2v) is 3.88. The van der Waals surface area contributed by atoms with Gasteiger partial charge in [0.2, 0.25) is 0 Å². The molecule has 0 spiro atoms. The number of halogens is 1. The molecule has 0 unspecified atom stereocenters. The number of carboxylic acids is 2. The molecule has 1 aromatic rings. The van der Waals surface area contributed by atoms with Gasteiger partial charge in [-0.25, -0.2) is 0 Å². The van der Waals surface area contributed by atoms with Crippen molar-refractivity contribution < 1.29 is 24.7 Å². The Balaban J connectivity index is 3.30. The van der Waals surface area contributed by atoms with Gasteiger partial charge >= 0.3 is 11.9 Å². The Kier molecular flexibility index (Phi) is 4.22. The van der Waals surface area contributed by atoms with Crippen molar-refractivity contribution in [1.82, 2.24) is 0 Å². The Morgan fingerprint density at radius 2 is 1.67 bits per heavy atom. The van der Waals surface area contributed by atoms with Gasteiger partial charge in [-0.1, -0.05) is 11.6 Å². The van der Waals surface area contributed by atoms with Crippen LogP contribution in [0.1, 0.15) is 11.1 Å². The molecule has 96 valence electrons. The van der Waals surface area contributed by atoms with Crippen LogP contribution in [0.3, 0.4) is 0 Å². The molecule has 0 aliphatic rings. The number of benzene rings is 1. The summed E-state index contributed by atoms with van der Waals surface area (Å²) >= 11 is 5.71. The molecule has 0 heterocycles. The van der Waals surface area contributed by atoms with E-state index in [1.807, 2.05) is 0 Å². The monoisotopic (exact) mass is 273 g/mol. The fraction of sp³-hybridized carbons (Fsp3) is 0.200. The zero-order valence-corrected chi connectivity index (χ0v) is 9.68. The van der Waals surface area contributed by atoms with E-state index in [0.717, 1.165) is 12.1 Å². The molecule has 1 aromatic carbocycles. The number of nitro benzene ring substituents is 1. The first-order chi connectivity index (χ1) is 8.31. The summed E-state index contributed by atoms with van der Waals surface area (Å²) in [6, 6.07) is 2.11. The normalized spacial score (nSPS) is 10.1. The minimum atomic E-state index is -1.25. The molecule has 0 aromatic heterocycles. The van der Waals surface area contributed by atoms with Gasteiger partial charge in [0.25, 0.3) is 5.69 Å². The molecule has 18 heavy (non-hydrogen) atoms. The van der Waals surface area contributed by atoms with Crippen LogP contribution in [0.25, 0.3) is 0 Å². The quantitative estimate of drug-likeness (QED) is 0.620. The predicted octanol–water partition coefficient (Wildman–Crippen LogP) is 1.50. The highest BCUT2D eigenvalue weighted by Crippen LogP contribution is 2.28. The van der Waals surface area contributed by atoms with E-state index in [4.69, 9.17) is 21.8 Å². The maximum atomic E-state index is 10.7. The molecule has 0 atom stereocenters. The van der Waals surface area contributed by atoms with Crippen LogP contribution in [-0.4, -0.2) is 27.1 Å². The Hall–Kier alpha value is -2.15. The first kappa shape index (κ1) is 13.9. The number of carboxylic acid groups (broad SMARTS) is 2. The van der Waals surface area contributed by atoms with Gasteiger partial charge < -0.3 is 10.2 Å². The van der Waals surface area contributed by atoms with Crippen molar-refractivity contribution in [3.05, 3.63) is 38.4 Å². The van der Waals surface area contributed by atoms with E-state index in [1.165, 1.54) is 0 Å². The van der Waals surface area contributed by atoms with Crippen molar-refractivity contribution in [2.24, 2.45) is 0 Å². The van der Waals surface area contributed by atoms with Crippen LogP contribution in [0.2, 0.25) is 5.02 Å². The summed E-state index contributed by atoms with van der Waals surface area (Å²) in [5.74, 6) is -2.41. The summed E-state index contributed by atoms with van der Waals surface area (Å²) in [6.07, 6.45) is -0.996. The number of nitrogens with zero attached hydrogens (tertiary/aromatic N) is 1. The number of nitro groups is 1. The molecule has 0 saturated carbocycles. The van der Waals surface area contributed by atoms with Crippen LogP contribution in [0.4, 0.5) is 5.69 Å². The van der Waals surface area contributed by atoms with Gasteiger partial charge in [-0.15, -0.1) is 0 Å². The van der Waals surface area contributed by atoms with Gasteiger partial charge in [-0.05, 0) is 11.6 Å². The highest BCUT2D eigenvalue weighted by Gasteiger charge is 2.20. The van der Waals surface area contributed by atoms with Crippen LogP contribution in [-0.2, 0) is 22.4 Å². The van der Waals surface area contributed by atoms with Gasteiger partial charge in [0.1, 0.15) is 0 Å². The van der Waals surface area contributed by atoms with Gasteiger partial charge in [-0.2, -0.15) is 0 Å². The molecular weight excluding hydrogens is 266 g/mol. The average molecular weight is 274 g/mol. The number of aliphatic carboxylic acids is 2. The summed E-state index contributed by atoms with van der Waals surface area (Å²) in [6.45, 7) is 0. The Labute approximate surface area is 106 Å². The molecule has 0 aliphatic heterocycles. The smallest absolute Gasteiger partial charge is 0.308 e. The number of rotatable bonds is 5. The van der Waals surface area contributed by atoms with E-state index in [0.29, 0.717) is 0 Å². The highest BCUT2D eigenvalue weighted by molar-refractivity contribution is 6.31. The molecule has 1 rings (SSSR count). The first-order valence-electron chi connectivity index (χ1n) is 4.70. The molecule has 0 aliphatic carbocycles. The van der Waals surface area contributed by atoms with Crippen LogP contribution in [0.5, 0.6) is 0 Å². The molecule has 8 heteroatoms. The topological polar surface area (TPSA) is 118 Å². The highest BCUT2D eigenvalue weighted by atomic mass is 35.5. The largest absolute Gasteiger partial charge is 0.481 e. The van der Waals surface area contributed by atoms with E-state index in [1.54, 1.807) is 0 Å². The van der Waals surface area contributed by atoms with Gasteiger partial charge in [0, 0.05) is 11.6 Å². The lowest BCUT2D eigenvalue weighted by Gasteiger charge is -2.05. The van der Waals surface area contributed by atoms with Crippen LogP contribution >= 0.6 is 11.6 Å². The number of carbonyl (C=O) groups is 2. The molecule has 0 amide bonds. The summed E-state index contributed by atoms with van der Waals surface area (Å²) in [4.78, 5) is 31.1. The minimum Gasteiger partial charge on any atom is -0.481 e. The van der Waals surface area contributed by atoms with Crippen LogP contribution in [0.15, 0.2) is 12.1 Å². The van der Waals surface area contributed by atoms with Gasteiger partial charge in [0.05, 0.1) is 22.8 Å². The minimum absolute atomic E-state index is 0.0711. The third-order valence-electron chi connectivity index (χ3n) is 2.13. The van der Waals surface area contributed by atoms with Crippen molar-refractivity contribution in [2.45, 2.75) is 12.8 Å². The van der Waals surface area contributed by atoms with Crippen molar-refractivity contribution >= 4 is 29.2 Å². The molecule has 0 saturated heterocycles. The van der Waals surface area contributed by atoms with Crippen molar-refractivity contribution in [2.75, 3.05) is 0 Å². The van der Waals surface area contributed by atoms with E-state index in [-0.39, 0.29) is 16.1 Å². The predicted molar refractivity (Wildman–Crippen MR) is 60.8 cm³/mol. The third kappa shape index (κ3) is 3.42. The molecule has 0 bridgehead atoms. The summed E-state index contributed by atoms with van der Waals surface area (Å²) in [7, 11) is 0. The fourth-order valence-electron chi connectivity index (χ4n) is 1.43. The standard InChI is InChI=1S/C10H8ClNO6/c11-7-4-8(12(17)18)6(3-10(15)16)1-5(7)2-9(13)14/h1,4H,2-3H2,(H,13,14)(H,15,16). The SMILES string of the molecule is O=C(O)Cc1cc(CC(=O)O)c([N+](=O)[O-])cc1Cl. The average Bonchev–Trinajstić information content (AvgIpc) is 2.20. The van der Waals surface area contributed by atoms with Crippen molar-refractivity contribution in [3.63, 3.8) is 0 Å². The fourth-order valence-corrected chi connectivity index (χ4v) is 1.66. The van der Waals surface area contributed by atoms with Crippen molar-refractivity contribution in [1.29, 1.82) is 0 Å². The third-order valence-corrected chi connectivity index (χ3v) is 2.48. The summed E-state index contributed by atoms with van der Waals surface area (Å²) in [5, 5.41) is 27.9. The second kappa shape index (κ2) is 5.46. The zero-order valence-electron chi connectivity index (χ0n) is 8.92. The number of hydrogen-bond donors (Lipinski definition) is 2. The Morgan fingerprint density at radius 1 is 1.17 bits per heavy atom. The lowest BCUT2D eigenvalue weighted by atomic mass is 10.0. The summed E-state index contributed by atoms with van der Waals surface area (Å²) < 4.78 is 0. The van der Waals surface area contributed by atoms with Crippen LogP contribution in [0, 0.1) is 10.1 Å². The zero-order chi connectivity index (χ0) is 13.9. The maximum absolute atomic E-state index is 10.7. The maximum Gasteiger partial charge on any atom is 0.308 e. The van der Waals surface area contributed by atoms with E-state index >= 15 is 0 Å². The number of hydrogen-bond acceptors (Lipinski definition) is 4. The Bertz CT molecular complexity index is 527. The van der Waals surface area contributed by atoms with Gasteiger partial charge in [0.15, 0.2) is 0 Å². The molecule has 0 fully saturated rings. The van der Waals surface area contributed by atoms with E-state index in [2.05, 4.69) is 0 Å². The second-order valence-electron chi connectivity index (χ2n) is 3.47. The Morgan fingerprint density at radius 3 is 2.11 bits per heavy atom. The van der Waals surface area contributed by atoms with Gasteiger partial charge in [-0.3, -0.25) is 19.7 Å².